The van der Waals surface area contributed by atoms with E-state index in [9.17, 15) is 0 Å². The minimum atomic E-state index is -0.00680. The molecule has 2 heterocycles. The number of hydrogen-bond acceptors (Lipinski definition) is 4. The summed E-state index contributed by atoms with van der Waals surface area (Å²) in [6, 6.07) is 0. The minimum absolute atomic E-state index is 0.00680. The van der Waals surface area contributed by atoms with Gasteiger partial charge in [-0.25, -0.2) is 0 Å². The Labute approximate surface area is 117 Å². The van der Waals surface area contributed by atoms with Gasteiger partial charge in [0.2, 0.25) is 0 Å². The van der Waals surface area contributed by atoms with E-state index in [0.29, 0.717) is 5.41 Å². The Bertz CT molecular complexity index is 275. The van der Waals surface area contributed by atoms with Crippen molar-refractivity contribution in [3.63, 3.8) is 0 Å². The second-order valence-electron chi connectivity index (χ2n) is 6.76. The van der Waals surface area contributed by atoms with Crippen LogP contribution in [0.1, 0.15) is 33.6 Å². The molecule has 0 spiro atoms. The van der Waals surface area contributed by atoms with Gasteiger partial charge in [-0.15, -0.1) is 0 Å². The number of rotatable bonds is 5. The van der Waals surface area contributed by atoms with Crippen molar-refractivity contribution in [1.82, 2.24) is 10.2 Å². The Balaban J connectivity index is 1.94. The van der Waals surface area contributed by atoms with Crippen LogP contribution in [-0.4, -0.2) is 63.0 Å². The highest BCUT2D eigenvalue weighted by Crippen LogP contribution is 2.30. The van der Waals surface area contributed by atoms with E-state index in [1.807, 2.05) is 0 Å². The first kappa shape index (κ1) is 15.2. The van der Waals surface area contributed by atoms with Crippen LogP contribution in [0.4, 0.5) is 0 Å². The van der Waals surface area contributed by atoms with Crippen LogP contribution in [0.2, 0.25) is 0 Å². The molecule has 1 unspecified atom stereocenters. The van der Waals surface area contributed by atoms with Gasteiger partial charge in [-0.2, -0.15) is 0 Å². The van der Waals surface area contributed by atoms with Crippen LogP contribution >= 0.6 is 0 Å². The van der Waals surface area contributed by atoms with E-state index in [1.165, 1.54) is 12.8 Å². The van der Waals surface area contributed by atoms with Crippen LogP contribution in [0, 0.1) is 5.41 Å². The molecule has 0 aromatic carbocycles. The fraction of sp³-hybridized carbons (Fsp3) is 1.00. The maximum absolute atomic E-state index is 5.81. The molecule has 2 saturated heterocycles. The first-order valence-electron chi connectivity index (χ1n) is 7.70. The summed E-state index contributed by atoms with van der Waals surface area (Å²) in [5, 5.41) is 3.53. The molecule has 2 rings (SSSR count). The van der Waals surface area contributed by atoms with Crippen molar-refractivity contribution >= 4 is 0 Å². The van der Waals surface area contributed by atoms with Crippen molar-refractivity contribution in [1.29, 1.82) is 0 Å². The van der Waals surface area contributed by atoms with Gasteiger partial charge >= 0.3 is 0 Å². The first-order chi connectivity index (χ1) is 9.05. The lowest BCUT2D eigenvalue weighted by atomic mass is 9.81. The van der Waals surface area contributed by atoms with E-state index in [-0.39, 0.29) is 5.60 Å². The van der Waals surface area contributed by atoms with Crippen molar-refractivity contribution in [2.45, 2.75) is 39.2 Å². The molecule has 2 fully saturated rings. The topological polar surface area (TPSA) is 33.7 Å². The van der Waals surface area contributed by atoms with Crippen molar-refractivity contribution in [2.24, 2.45) is 5.41 Å². The van der Waals surface area contributed by atoms with Gasteiger partial charge in [-0.1, -0.05) is 6.92 Å². The van der Waals surface area contributed by atoms with Gasteiger partial charge in [-0.05, 0) is 33.2 Å². The molecule has 0 amide bonds. The maximum Gasteiger partial charge on any atom is 0.0753 e. The van der Waals surface area contributed by atoms with Gasteiger partial charge in [-0.3, -0.25) is 4.90 Å². The van der Waals surface area contributed by atoms with Crippen LogP contribution in [0.15, 0.2) is 0 Å². The molecule has 0 radical (unpaired) electrons. The third kappa shape index (κ3) is 4.42. The molecule has 112 valence electrons. The van der Waals surface area contributed by atoms with Gasteiger partial charge in [0.15, 0.2) is 0 Å². The number of nitrogens with zero attached hydrogens (tertiary/aromatic N) is 1. The zero-order valence-electron chi connectivity index (χ0n) is 12.8. The Hall–Kier alpha value is -0.160. The van der Waals surface area contributed by atoms with E-state index in [4.69, 9.17) is 9.47 Å². The van der Waals surface area contributed by atoms with Crippen molar-refractivity contribution in [3.8, 4) is 0 Å². The molecule has 1 N–H and O–H groups in total. The lowest BCUT2D eigenvalue weighted by Crippen LogP contribution is -2.55. The van der Waals surface area contributed by atoms with Crippen LogP contribution in [0.5, 0.6) is 0 Å². The van der Waals surface area contributed by atoms with Crippen LogP contribution in [-0.2, 0) is 9.47 Å². The third-order valence-corrected chi connectivity index (χ3v) is 4.22. The summed E-state index contributed by atoms with van der Waals surface area (Å²) >= 11 is 0. The molecule has 1 atom stereocenters. The van der Waals surface area contributed by atoms with Gasteiger partial charge < -0.3 is 14.8 Å². The number of ether oxygens (including phenoxy) is 2. The summed E-state index contributed by atoms with van der Waals surface area (Å²) in [5.41, 5.74) is 0.287. The summed E-state index contributed by atoms with van der Waals surface area (Å²) in [7, 11) is 0. The Morgan fingerprint density at radius 1 is 1.26 bits per heavy atom. The normalized spacial score (nSPS) is 32.4. The quantitative estimate of drug-likeness (QED) is 0.821. The lowest BCUT2D eigenvalue weighted by Gasteiger charge is -2.45. The minimum Gasteiger partial charge on any atom is -0.381 e. The fourth-order valence-corrected chi connectivity index (χ4v) is 3.34. The van der Waals surface area contributed by atoms with Crippen molar-refractivity contribution in [2.75, 3.05) is 52.5 Å². The third-order valence-electron chi connectivity index (χ3n) is 4.22. The van der Waals surface area contributed by atoms with Gasteiger partial charge in [0.1, 0.15) is 0 Å². The monoisotopic (exact) mass is 270 g/mol. The second-order valence-corrected chi connectivity index (χ2v) is 6.76. The van der Waals surface area contributed by atoms with Gasteiger partial charge in [0, 0.05) is 38.2 Å². The highest BCUT2D eigenvalue weighted by molar-refractivity contribution is 4.90. The Morgan fingerprint density at radius 2 is 2.11 bits per heavy atom. The van der Waals surface area contributed by atoms with Crippen LogP contribution in [0.25, 0.3) is 0 Å². The van der Waals surface area contributed by atoms with Crippen LogP contribution < -0.4 is 5.32 Å². The maximum atomic E-state index is 5.81. The molecule has 2 aliphatic heterocycles. The number of nitrogens with one attached hydrogen (secondary N) is 1. The van der Waals surface area contributed by atoms with Crippen molar-refractivity contribution in [3.05, 3.63) is 0 Å². The number of morpholine rings is 1. The van der Waals surface area contributed by atoms with Crippen LogP contribution in [0.3, 0.4) is 0 Å². The predicted molar refractivity (Wildman–Crippen MR) is 77.5 cm³/mol. The predicted octanol–water partition coefficient (Wildman–Crippen LogP) is 1.50. The SMILES string of the molecule is CCNCC1(CN2CCOC(C)(C)C2)CCCOC1. The molecular weight excluding hydrogens is 240 g/mol. The zero-order valence-corrected chi connectivity index (χ0v) is 12.8. The average Bonchev–Trinajstić information content (AvgIpc) is 2.36. The first-order valence-corrected chi connectivity index (χ1v) is 7.70. The molecule has 4 heteroatoms. The summed E-state index contributed by atoms with van der Waals surface area (Å²) < 4.78 is 11.6. The lowest BCUT2D eigenvalue weighted by molar-refractivity contribution is -0.106. The standard InChI is InChI=1S/C15H30N2O2/c1-4-16-10-15(6-5-8-18-13-15)12-17-7-9-19-14(2,3)11-17/h16H,4-13H2,1-3H3. The highest BCUT2D eigenvalue weighted by atomic mass is 16.5. The second kappa shape index (κ2) is 6.53. The Morgan fingerprint density at radius 3 is 2.74 bits per heavy atom. The molecular formula is C15H30N2O2. The number of hydrogen-bond donors (Lipinski definition) is 1. The van der Waals surface area contributed by atoms with E-state index in [0.717, 1.165) is 52.5 Å². The molecule has 0 bridgehead atoms. The summed E-state index contributed by atoms with van der Waals surface area (Å²) in [4.78, 5) is 2.56. The highest BCUT2D eigenvalue weighted by Gasteiger charge is 2.37. The molecule has 0 aromatic heterocycles. The van der Waals surface area contributed by atoms with E-state index >= 15 is 0 Å². The average molecular weight is 270 g/mol. The summed E-state index contributed by atoms with van der Waals surface area (Å²) in [5.74, 6) is 0. The molecule has 0 aliphatic carbocycles. The van der Waals surface area contributed by atoms with E-state index in [2.05, 4.69) is 31.0 Å². The van der Waals surface area contributed by atoms with Gasteiger partial charge in [0.25, 0.3) is 0 Å². The van der Waals surface area contributed by atoms with E-state index < -0.39 is 0 Å². The fourth-order valence-electron chi connectivity index (χ4n) is 3.34. The smallest absolute Gasteiger partial charge is 0.0753 e. The molecule has 0 saturated carbocycles. The Kier molecular flexibility index (Phi) is 5.23. The summed E-state index contributed by atoms with van der Waals surface area (Å²) in [6.07, 6.45) is 2.47. The largest absolute Gasteiger partial charge is 0.381 e. The molecule has 19 heavy (non-hydrogen) atoms. The van der Waals surface area contributed by atoms with E-state index in [1.54, 1.807) is 0 Å². The molecule has 4 nitrogen and oxygen atoms in total. The summed E-state index contributed by atoms with van der Waals surface area (Å²) in [6.45, 7) is 14.6. The molecule has 0 aromatic rings. The van der Waals surface area contributed by atoms with Crippen molar-refractivity contribution < 1.29 is 9.47 Å². The van der Waals surface area contributed by atoms with Gasteiger partial charge in [0.05, 0.1) is 18.8 Å². The molecule has 2 aliphatic rings. The zero-order chi connectivity index (χ0) is 13.8.